The first-order chi connectivity index (χ1) is 36.5. The normalized spacial score (nSPS) is 12.3. The van der Waals surface area contributed by atoms with Gasteiger partial charge in [-0.1, -0.05) is 294 Å². The Kier molecular flexibility index (Phi) is 60.7. The van der Waals surface area contributed by atoms with E-state index in [2.05, 4.69) is 69.4 Å². The van der Waals surface area contributed by atoms with Crippen LogP contribution in [0.1, 0.15) is 348 Å². The zero-order valence-electron chi connectivity index (χ0n) is 49.6. The third kappa shape index (κ3) is 60.2. The second-order valence-corrected chi connectivity index (χ2v) is 22.0. The summed E-state index contributed by atoms with van der Waals surface area (Å²) in [5.41, 5.74) is 0. The van der Waals surface area contributed by atoms with Crippen molar-refractivity contribution in [1.82, 2.24) is 0 Å². The average Bonchev–Trinajstić information content (AvgIpc) is 3.40. The smallest absolute Gasteiger partial charge is 0.306 e. The molecule has 74 heavy (non-hydrogen) atoms. The zero-order valence-corrected chi connectivity index (χ0v) is 49.6. The van der Waals surface area contributed by atoms with Gasteiger partial charge in [-0.25, -0.2) is 0 Å². The maximum Gasteiger partial charge on any atom is 0.306 e. The Labute approximate surface area is 460 Å². The lowest BCUT2D eigenvalue weighted by Gasteiger charge is -2.18. The average molecular weight is 1040 g/mol. The predicted octanol–water partition coefficient (Wildman–Crippen LogP) is 22.2. The fourth-order valence-electron chi connectivity index (χ4n) is 9.62. The second-order valence-electron chi connectivity index (χ2n) is 22.0. The molecule has 0 aliphatic rings. The Morgan fingerprint density at radius 2 is 0.486 bits per heavy atom. The molecule has 0 saturated heterocycles. The lowest BCUT2D eigenvalue weighted by Crippen LogP contribution is -2.30. The van der Waals surface area contributed by atoms with E-state index in [9.17, 15) is 14.4 Å². The van der Waals surface area contributed by atoms with Crippen molar-refractivity contribution in [2.45, 2.75) is 354 Å². The van der Waals surface area contributed by atoms with Crippen molar-refractivity contribution in [1.29, 1.82) is 0 Å². The van der Waals surface area contributed by atoms with E-state index >= 15 is 0 Å². The van der Waals surface area contributed by atoms with Crippen LogP contribution in [0.3, 0.4) is 0 Å². The van der Waals surface area contributed by atoms with Crippen LogP contribution in [0.4, 0.5) is 0 Å². The van der Waals surface area contributed by atoms with Crippen LogP contribution in [-0.2, 0) is 28.6 Å². The first-order valence-corrected chi connectivity index (χ1v) is 32.6. The van der Waals surface area contributed by atoms with Gasteiger partial charge in [0.05, 0.1) is 0 Å². The SMILES string of the molecule is CCCCCCC/C=C\C/C=C\C/C=C\CCCCCCCCCCCCCCC(=O)OCC(COC(=O)CCCCCCCCCCCCCCCC)OC(=O)CCCCCCC/C=C\CCCCCCCC. The summed E-state index contributed by atoms with van der Waals surface area (Å²) in [4.78, 5) is 38.3. The maximum absolute atomic E-state index is 12.9. The Balaban J connectivity index is 4.24. The summed E-state index contributed by atoms with van der Waals surface area (Å²) in [6.07, 6.45) is 78.3. The molecule has 0 amide bonds. The number of hydrogen-bond acceptors (Lipinski definition) is 6. The van der Waals surface area contributed by atoms with Gasteiger partial charge < -0.3 is 14.2 Å². The Hall–Kier alpha value is -2.63. The number of esters is 3. The van der Waals surface area contributed by atoms with Crippen molar-refractivity contribution >= 4 is 17.9 Å². The minimum Gasteiger partial charge on any atom is -0.462 e. The van der Waals surface area contributed by atoms with E-state index in [1.807, 2.05) is 0 Å². The van der Waals surface area contributed by atoms with Gasteiger partial charge in [-0.2, -0.15) is 0 Å². The summed E-state index contributed by atoms with van der Waals surface area (Å²) in [6, 6.07) is 0. The molecule has 0 aromatic rings. The van der Waals surface area contributed by atoms with Gasteiger partial charge in [0, 0.05) is 19.3 Å². The molecular weight excluding hydrogens is 913 g/mol. The van der Waals surface area contributed by atoms with Crippen LogP contribution >= 0.6 is 0 Å². The second kappa shape index (κ2) is 62.9. The van der Waals surface area contributed by atoms with Gasteiger partial charge >= 0.3 is 17.9 Å². The standard InChI is InChI=1S/C68H124O6/c1-4-7-10-13-16-19-22-25-28-29-30-31-32-33-34-35-36-37-38-39-41-43-46-49-52-55-58-61-67(70)73-64-65(63-72-66(69)60-57-54-51-48-45-42-27-24-21-18-15-12-9-6-3)74-68(71)62-59-56-53-50-47-44-40-26-23-20-17-14-11-8-5-2/h22,25-26,29-30,32-33,40,65H,4-21,23-24,27-28,31,34-39,41-64H2,1-3H3/b25-22-,30-29-,33-32-,40-26-. The van der Waals surface area contributed by atoms with Gasteiger partial charge in [0.2, 0.25) is 0 Å². The largest absolute Gasteiger partial charge is 0.462 e. The molecule has 0 aliphatic carbocycles. The topological polar surface area (TPSA) is 78.9 Å². The molecule has 0 aromatic heterocycles. The summed E-state index contributed by atoms with van der Waals surface area (Å²) < 4.78 is 16.9. The van der Waals surface area contributed by atoms with Crippen molar-refractivity contribution in [2.75, 3.05) is 13.2 Å². The molecular formula is C68H124O6. The molecule has 0 fully saturated rings. The van der Waals surface area contributed by atoms with Crippen molar-refractivity contribution < 1.29 is 28.6 Å². The van der Waals surface area contributed by atoms with Crippen LogP contribution < -0.4 is 0 Å². The van der Waals surface area contributed by atoms with Crippen LogP contribution in [0.15, 0.2) is 48.6 Å². The molecule has 0 N–H and O–H groups in total. The van der Waals surface area contributed by atoms with E-state index < -0.39 is 6.10 Å². The molecule has 0 spiro atoms. The minimum atomic E-state index is -0.776. The summed E-state index contributed by atoms with van der Waals surface area (Å²) in [5.74, 6) is -0.862. The quantitative estimate of drug-likeness (QED) is 0.0261. The molecule has 1 unspecified atom stereocenters. The number of rotatable bonds is 60. The van der Waals surface area contributed by atoms with E-state index in [1.54, 1.807) is 0 Å². The third-order valence-electron chi connectivity index (χ3n) is 14.6. The lowest BCUT2D eigenvalue weighted by atomic mass is 10.0. The molecule has 432 valence electrons. The van der Waals surface area contributed by atoms with Crippen LogP contribution in [0.25, 0.3) is 0 Å². The number of carbonyl (C=O) groups is 3. The molecule has 6 nitrogen and oxygen atoms in total. The molecule has 0 saturated carbocycles. The highest BCUT2D eigenvalue weighted by atomic mass is 16.6. The van der Waals surface area contributed by atoms with E-state index in [-0.39, 0.29) is 31.1 Å². The predicted molar refractivity (Wildman–Crippen MR) is 321 cm³/mol. The number of unbranched alkanes of at least 4 members (excludes halogenated alkanes) is 41. The molecule has 0 aliphatic heterocycles. The highest BCUT2D eigenvalue weighted by Crippen LogP contribution is 2.17. The van der Waals surface area contributed by atoms with Crippen molar-refractivity contribution in [3.05, 3.63) is 48.6 Å². The lowest BCUT2D eigenvalue weighted by molar-refractivity contribution is -0.167. The Bertz CT molecular complexity index is 1280. The van der Waals surface area contributed by atoms with Crippen LogP contribution in [0.2, 0.25) is 0 Å². The summed E-state index contributed by atoms with van der Waals surface area (Å²) in [5, 5.41) is 0. The Morgan fingerprint density at radius 1 is 0.270 bits per heavy atom. The highest BCUT2D eigenvalue weighted by Gasteiger charge is 2.19. The highest BCUT2D eigenvalue weighted by molar-refractivity contribution is 5.71. The van der Waals surface area contributed by atoms with Gasteiger partial charge in [0.15, 0.2) is 6.10 Å². The van der Waals surface area contributed by atoms with Crippen molar-refractivity contribution in [3.8, 4) is 0 Å². The molecule has 0 rings (SSSR count). The number of allylic oxidation sites excluding steroid dienone is 8. The summed E-state index contributed by atoms with van der Waals surface area (Å²) in [6.45, 7) is 6.66. The number of carbonyl (C=O) groups excluding carboxylic acids is 3. The molecule has 0 aromatic carbocycles. The minimum absolute atomic E-state index is 0.0727. The number of hydrogen-bond donors (Lipinski definition) is 0. The first-order valence-electron chi connectivity index (χ1n) is 32.6. The zero-order chi connectivity index (χ0) is 53.6. The van der Waals surface area contributed by atoms with Gasteiger partial charge in [0.1, 0.15) is 13.2 Å². The molecule has 0 bridgehead atoms. The van der Waals surface area contributed by atoms with E-state index in [4.69, 9.17) is 14.2 Å². The van der Waals surface area contributed by atoms with Crippen LogP contribution in [-0.4, -0.2) is 37.2 Å². The van der Waals surface area contributed by atoms with E-state index in [0.717, 1.165) is 77.0 Å². The van der Waals surface area contributed by atoms with Gasteiger partial charge in [-0.3, -0.25) is 14.4 Å². The monoisotopic (exact) mass is 1040 g/mol. The van der Waals surface area contributed by atoms with Gasteiger partial charge in [0.25, 0.3) is 0 Å². The Morgan fingerprint density at radius 3 is 0.770 bits per heavy atom. The van der Waals surface area contributed by atoms with Crippen LogP contribution in [0.5, 0.6) is 0 Å². The van der Waals surface area contributed by atoms with Crippen molar-refractivity contribution in [3.63, 3.8) is 0 Å². The van der Waals surface area contributed by atoms with Gasteiger partial charge in [-0.15, -0.1) is 0 Å². The third-order valence-corrected chi connectivity index (χ3v) is 14.6. The van der Waals surface area contributed by atoms with E-state index in [0.29, 0.717) is 19.3 Å². The summed E-state index contributed by atoms with van der Waals surface area (Å²) in [7, 11) is 0. The fraction of sp³-hybridized carbons (Fsp3) is 0.838. The summed E-state index contributed by atoms with van der Waals surface area (Å²) >= 11 is 0. The molecule has 6 heteroatoms. The first kappa shape index (κ1) is 71.4. The molecule has 1 atom stereocenters. The maximum atomic E-state index is 12.9. The van der Waals surface area contributed by atoms with Crippen LogP contribution in [0, 0.1) is 0 Å². The molecule has 0 radical (unpaired) electrons. The van der Waals surface area contributed by atoms with Gasteiger partial charge in [-0.05, 0) is 83.5 Å². The molecule has 0 heterocycles. The number of ether oxygens (including phenoxy) is 3. The van der Waals surface area contributed by atoms with E-state index in [1.165, 1.54) is 231 Å². The fourth-order valence-corrected chi connectivity index (χ4v) is 9.62. The van der Waals surface area contributed by atoms with Crippen molar-refractivity contribution in [2.24, 2.45) is 0 Å².